The van der Waals surface area contributed by atoms with E-state index < -0.39 is 11.6 Å². The molecular weight excluding hydrogens is 384 g/mol. The van der Waals surface area contributed by atoms with Crippen molar-refractivity contribution < 1.29 is 18.3 Å². The predicted octanol–water partition coefficient (Wildman–Crippen LogP) is 6.49. The zero-order chi connectivity index (χ0) is 21.3. The molecule has 0 saturated heterocycles. The van der Waals surface area contributed by atoms with Crippen LogP contribution in [-0.4, -0.2) is 5.91 Å². The number of hydrogen-bond acceptors (Lipinski definition) is 2. The van der Waals surface area contributed by atoms with Crippen LogP contribution in [0.4, 0.5) is 14.5 Å². The summed E-state index contributed by atoms with van der Waals surface area (Å²) < 4.78 is 33.1. The molecular formula is C25H29F2NO2. The van der Waals surface area contributed by atoms with Crippen LogP contribution in [0, 0.1) is 30.4 Å². The summed E-state index contributed by atoms with van der Waals surface area (Å²) >= 11 is 0. The Hall–Kier alpha value is -2.43. The van der Waals surface area contributed by atoms with E-state index in [9.17, 15) is 13.6 Å². The van der Waals surface area contributed by atoms with Crippen molar-refractivity contribution in [2.45, 2.75) is 64.9 Å². The Morgan fingerprint density at radius 2 is 1.97 bits per heavy atom. The van der Waals surface area contributed by atoms with Gasteiger partial charge in [-0.05, 0) is 72.9 Å². The Morgan fingerprint density at radius 1 is 1.17 bits per heavy atom. The predicted molar refractivity (Wildman–Crippen MR) is 114 cm³/mol. The highest BCUT2D eigenvalue weighted by molar-refractivity contribution is 5.91. The maximum atomic E-state index is 14.0. The van der Waals surface area contributed by atoms with Gasteiger partial charge in [0.05, 0.1) is 0 Å². The number of ether oxygens (including phenoxy) is 1. The van der Waals surface area contributed by atoms with Crippen LogP contribution in [0.3, 0.4) is 0 Å². The van der Waals surface area contributed by atoms with Crippen molar-refractivity contribution in [2.75, 3.05) is 5.32 Å². The summed E-state index contributed by atoms with van der Waals surface area (Å²) in [6, 6.07) is 7.45. The first-order valence-corrected chi connectivity index (χ1v) is 11.0. The molecule has 0 aromatic heterocycles. The molecule has 2 unspecified atom stereocenters. The summed E-state index contributed by atoms with van der Waals surface area (Å²) in [5.74, 6) is -0.0796. The van der Waals surface area contributed by atoms with E-state index in [0.29, 0.717) is 18.3 Å². The van der Waals surface area contributed by atoms with Crippen LogP contribution in [0.5, 0.6) is 5.75 Å². The third-order valence-electron chi connectivity index (χ3n) is 6.64. The molecule has 2 aromatic carbocycles. The third-order valence-corrected chi connectivity index (χ3v) is 6.64. The number of carbonyl (C=O) groups is 1. The molecule has 0 bridgehead atoms. The first-order valence-electron chi connectivity index (χ1n) is 11.0. The fraction of sp³-hybridized carbons (Fsp3) is 0.480. The van der Waals surface area contributed by atoms with Gasteiger partial charge in [-0.3, -0.25) is 4.79 Å². The molecule has 2 aromatic rings. The molecule has 1 saturated carbocycles. The van der Waals surface area contributed by atoms with Crippen LogP contribution < -0.4 is 10.1 Å². The fourth-order valence-electron chi connectivity index (χ4n) is 4.58. The summed E-state index contributed by atoms with van der Waals surface area (Å²) in [7, 11) is 0. The average Bonchev–Trinajstić information content (AvgIpc) is 2.63. The first kappa shape index (κ1) is 20.8. The van der Waals surface area contributed by atoms with Gasteiger partial charge in [-0.2, -0.15) is 0 Å². The Bertz CT molecular complexity index is 939. The van der Waals surface area contributed by atoms with Crippen molar-refractivity contribution in [2.24, 2.45) is 11.8 Å². The van der Waals surface area contributed by atoms with Gasteiger partial charge in [0, 0.05) is 18.2 Å². The van der Waals surface area contributed by atoms with Crippen molar-refractivity contribution in [1.29, 1.82) is 0 Å². The van der Waals surface area contributed by atoms with Crippen LogP contribution in [0.15, 0.2) is 30.3 Å². The Morgan fingerprint density at radius 3 is 2.67 bits per heavy atom. The van der Waals surface area contributed by atoms with E-state index in [1.165, 1.54) is 31.4 Å². The van der Waals surface area contributed by atoms with Crippen molar-refractivity contribution in [3.05, 3.63) is 58.7 Å². The van der Waals surface area contributed by atoms with E-state index in [2.05, 4.69) is 12.2 Å². The number of fused-ring (bicyclic) bond motifs is 1. The number of benzene rings is 2. The molecule has 3 nitrogen and oxygen atoms in total. The smallest absolute Gasteiger partial charge is 0.224 e. The van der Waals surface area contributed by atoms with Crippen LogP contribution in [0.1, 0.15) is 68.2 Å². The Labute approximate surface area is 176 Å². The lowest BCUT2D eigenvalue weighted by atomic mass is 9.75. The highest BCUT2D eigenvalue weighted by atomic mass is 19.1. The first-order chi connectivity index (χ1) is 14.4. The number of amides is 1. The SMILES string of the molecule is Cc1cc2c(cc1NC(=O)CC(C)C1CCC1)CCCC2Oc1ccc(F)cc1F. The van der Waals surface area contributed by atoms with Crippen molar-refractivity contribution >= 4 is 11.6 Å². The molecule has 1 N–H and O–H groups in total. The molecule has 4 rings (SSSR count). The number of carbonyl (C=O) groups excluding carboxylic acids is 1. The van der Waals surface area contributed by atoms with Crippen LogP contribution in [-0.2, 0) is 11.2 Å². The molecule has 30 heavy (non-hydrogen) atoms. The molecule has 1 fully saturated rings. The second-order valence-corrected chi connectivity index (χ2v) is 8.86. The number of anilines is 1. The van der Waals surface area contributed by atoms with Gasteiger partial charge in [-0.25, -0.2) is 8.78 Å². The molecule has 0 radical (unpaired) electrons. The maximum absolute atomic E-state index is 14.0. The lowest BCUT2D eigenvalue weighted by Gasteiger charge is -2.31. The molecule has 2 aliphatic rings. The molecule has 2 atom stereocenters. The highest BCUT2D eigenvalue weighted by Crippen LogP contribution is 2.38. The van der Waals surface area contributed by atoms with Crippen LogP contribution in [0.25, 0.3) is 0 Å². The largest absolute Gasteiger partial charge is 0.483 e. The molecule has 0 heterocycles. The summed E-state index contributed by atoms with van der Waals surface area (Å²) in [5, 5.41) is 3.09. The van der Waals surface area contributed by atoms with Crippen molar-refractivity contribution in [3.63, 3.8) is 0 Å². The summed E-state index contributed by atoms with van der Waals surface area (Å²) in [6.07, 6.45) is 6.61. The minimum Gasteiger partial charge on any atom is -0.483 e. The summed E-state index contributed by atoms with van der Waals surface area (Å²) in [5.41, 5.74) is 3.94. The minimum atomic E-state index is -0.691. The molecule has 1 amide bonds. The lowest BCUT2D eigenvalue weighted by Crippen LogP contribution is -2.25. The van der Waals surface area contributed by atoms with E-state index in [1.807, 2.05) is 19.1 Å². The molecule has 160 valence electrons. The van der Waals surface area contributed by atoms with Gasteiger partial charge in [0.2, 0.25) is 5.91 Å². The number of hydrogen-bond donors (Lipinski definition) is 1. The van der Waals surface area contributed by atoms with Gasteiger partial charge in [0.25, 0.3) is 0 Å². The highest BCUT2D eigenvalue weighted by Gasteiger charge is 2.27. The van der Waals surface area contributed by atoms with Gasteiger partial charge < -0.3 is 10.1 Å². The zero-order valence-electron chi connectivity index (χ0n) is 17.6. The van der Waals surface area contributed by atoms with E-state index in [0.717, 1.165) is 47.7 Å². The monoisotopic (exact) mass is 413 g/mol. The Kier molecular flexibility index (Phi) is 6.07. The zero-order valence-corrected chi connectivity index (χ0v) is 17.6. The molecule has 5 heteroatoms. The number of nitrogens with one attached hydrogen (secondary N) is 1. The van der Waals surface area contributed by atoms with Crippen molar-refractivity contribution in [1.82, 2.24) is 0 Å². The van der Waals surface area contributed by atoms with E-state index in [-0.39, 0.29) is 17.8 Å². The molecule has 2 aliphatic carbocycles. The Balaban J connectivity index is 1.48. The van der Waals surface area contributed by atoms with Gasteiger partial charge in [0.1, 0.15) is 11.9 Å². The van der Waals surface area contributed by atoms with E-state index >= 15 is 0 Å². The van der Waals surface area contributed by atoms with Gasteiger partial charge >= 0.3 is 0 Å². The fourth-order valence-corrected chi connectivity index (χ4v) is 4.58. The van der Waals surface area contributed by atoms with Crippen LogP contribution in [0.2, 0.25) is 0 Å². The quantitative estimate of drug-likeness (QED) is 0.587. The third kappa shape index (κ3) is 4.50. The molecule has 0 spiro atoms. The second-order valence-electron chi connectivity index (χ2n) is 8.86. The van der Waals surface area contributed by atoms with Crippen LogP contribution >= 0.6 is 0 Å². The van der Waals surface area contributed by atoms with E-state index in [4.69, 9.17) is 4.74 Å². The number of halogens is 2. The lowest BCUT2D eigenvalue weighted by molar-refractivity contribution is -0.117. The van der Waals surface area contributed by atoms with Gasteiger partial charge in [-0.1, -0.05) is 32.3 Å². The topological polar surface area (TPSA) is 38.3 Å². The van der Waals surface area contributed by atoms with Gasteiger partial charge in [-0.15, -0.1) is 0 Å². The summed E-state index contributed by atoms with van der Waals surface area (Å²) in [4.78, 5) is 12.6. The normalized spacial score (nSPS) is 19.5. The minimum absolute atomic E-state index is 0.0641. The van der Waals surface area contributed by atoms with Crippen molar-refractivity contribution in [3.8, 4) is 5.75 Å². The van der Waals surface area contributed by atoms with Gasteiger partial charge in [0.15, 0.2) is 11.6 Å². The average molecular weight is 414 g/mol. The summed E-state index contributed by atoms with van der Waals surface area (Å²) in [6.45, 7) is 4.13. The number of rotatable bonds is 6. The second kappa shape index (κ2) is 8.75. The number of aryl methyl sites for hydroxylation is 2. The molecule has 0 aliphatic heterocycles. The van der Waals surface area contributed by atoms with E-state index in [1.54, 1.807) is 0 Å². The maximum Gasteiger partial charge on any atom is 0.224 e. The standard InChI is InChI=1S/C25H29F2NO2/c1-15(17-5-3-6-17)12-25(29)28-22-13-18-7-4-8-23(20(18)11-16(22)2)30-24-10-9-19(26)14-21(24)27/h9-11,13-15,17,23H,3-8,12H2,1-2H3,(H,28,29).